The summed E-state index contributed by atoms with van der Waals surface area (Å²) in [4.78, 5) is 0. The molecule has 3 heteroatoms. The van der Waals surface area contributed by atoms with Crippen molar-refractivity contribution in [3.8, 4) is 0 Å². The molecule has 0 bridgehead atoms. The molecule has 0 saturated heterocycles. The Hall–Kier alpha value is -0.170. The van der Waals surface area contributed by atoms with E-state index < -0.39 is 0 Å². The van der Waals surface area contributed by atoms with Gasteiger partial charge in [0.2, 0.25) is 0 Å². The molecule has 0 amide bonds. The summed E-state index contributed by atoms with van der Waals surface area (Å²) in [6, 6.07) is 5.48. The van der Waals surface area contributed by atoms with Crippen LogP contribution in [0.3, 0.4) is 0 Å². The second-order valence-corrected chi connectivity index (χ2v) is 4.72. The molecule has 0 aromatic heterocycles. The predicted octanol–water partition coefficient (Wildman–Crippen LogP) is 5.27. The Morgan fingerprint density at radius 3 is 2.20 bits per heavy atom. The lowest BCUT2D eigenvalue weighted by Gasteiger charge is -2.09. The van der Waals surface area contributed by atoms with Gasteiger partial charge in [0.1, 0.15) is 0 Å². The smallest absolute Gasteiger partial charge is 0.0493 e. The van der Waals surface area contributed by atoms with E-state index in [1.54, 1.807) is 0 Å². The standard InChI is InChI=1S/C12H13Cl3/c1-8(2)9(7-13)6-10-11(14)4-3-5-12(10)15/h3-6,8H,7H2,1-2H3. The topological polar surface area (TPSA) is 0 Å². The zero-order valence-corrected chi connectivity index (χ0v) is 11.0. The third-order valence-corrected chi connectivity index (χ3v) is 3.19. The molecule has 0 aliphatic carbocycles. The molecular formula is C12H13Cl3. The van der Waals surface area contributed by atoms with Gasteiger partial charge in [-0.15, -0.1) is 11.6 Å². The largest absolute Gasteiger partial charge is 0.122 e. The lowest BCUT2D eigenvalue weighted by Crippen LogP contribution is -1.95. The Balaban J connectivity index is 3.16. The number of benzene rings is 1. The minimum Gasteiger partial charge on any atom is -0.122 e. The van der Waals surface area contributed by atoms with Gasteiger partial charge in [0, 0.05) is 21.5 Å². The van der Waals surface area contributed by atoms with E-state index in [-0.39, 0.29) is 0 Å². The quantitative estimate of drug-likeness (QED) is 0.652. The maximum absolute atomic E-state index is 6.06. The molecule has 1 aromatic carbocycles. The highest BCUT2D eigenvalue weighted by molar-refractivity contribution is 6.37. The first kappa shape index (κ1) is 12.9. The fraction of sp³-hybridized carbons (Fsp3) is 0.333. The number of hydrogen-bond acceptors (Lipinski definition) is 0. The fourth-order valence-corrected chi connectivity index (χ4v) is 2.09. The number of allylic oxidation sites excluding steroid dienone is 1. The highest BCUT2D eigenvalue weighted by Crippen LogP contribution is 2.28. The third kappa shape index (κ3) is 3.41. The van der Waals surface area contributed by atoms with Gasteiger partial charge < -0.3 is 0 Å². The van der Waals surface area contributed by atoms with Gasteiger partial charge in [0.25, 0.3) is 0 Å². The van der Waals surface area contributed by atoms with Crippen LogP contribution >= 0.6 is 34.8 Å². The molecule has 0 heterocycles. The average molecular weight is 264 g/mol. The maximum atomic E-state index is 6.06. The van der Waals surface area contributed by atoms with Crippen molar-refractivity contribution in [3.63, 3.8) is 0 Å². The molecule has 0 aliphatic heterocycles. The van der Waals surface area contributed by atoms with E-state index in [1.807, 2.05) is 24.3 Å². The molecule has 0 nitrogen and oxygen atoms in total. The van der Waals surface area contributed by atoms with Crippen LogP contribution in [0, 0.1) is 5.92 Å². The fourth-order valence-electron chi connectivity index (χ4n) is 1.19. The second-order valence-electron chi connectivity index (χ2n) is 3.64. The molecular weight excluding hydrogens is 250 g/mol. The minimum atomic E-state index is 0.398. The molecule has 1 rings (SSSR count). The summed E-state index contributed by atoms with van der Waals surface area (Å²) in [6.07, 6.45) is 1.97. The van der Waals surface area contributed by atoms with Crippen molar-refractivity contribution in [1.29, 1.82) is 0 Å². The molecule has 0 N–H and O–H groups in total. The first-order valence-corrected chi connectivity index (χ1v) is 6.05. The molecule has 82 valence electrons. The Labute approximate surface area is 106 Å². The zero-order chi connectivity index (χ0) is 11.4. The van der Waals surface area contributed by atoms with E-state index in [2.05, 4.69) is 13.8 Å². The van der Waals surface area contributed by atoms with Crippen LogP contribution < -0.4 is 0 Å². The second kappa shape index (κ2) is 5.79. The number of rotatable bonds is 3. The van der Waals surface area contributed by atoms with Crippen LogP contribution in [0.5, 0.6) is 0 Å². The van der Waals surface area contributed by atoms with Gasteiger partial charge in [-0.1, -0.05) is 54.8 Å². The number of halogens is 3. The van der Waals surface area contributed by atoms with Crippen molar-refractivity contribution >= 4 is 40.9 Å². The third-order valence-electron chi connectivity index (χ3n) is 2.23. The lowest BCUT2D eigenvalue weighted by molar-refractivity contribution is 0.778. The monoisotopic (exact) mass is 262 g/mol. The molecule has 15 heavy (non-hydrogen) atoms. The van der Waals surface area contributed by atoms with Gasteiger partial charge in [-0.25, -0.2) is 0 Å². The first-order chi connectivity index (χ1) is 7.06. The Bertz CT molecular complexity index is 347. The highest BCUT2D eigenvalue weighted by Gasteiger charge is 2.06. The molecule has 0 aliphatic rings. The summed E-state index contributed by atoms with van der Waals surface area (Å²) in [5, 5.41) is 1.32. The molecule has 0 radical (unpaired) electrons. The van der Waals surface area contributed by atoms with Crippen molar-refractivity contribution in [1.82, 2.24) is 0 Å². The van der Waals surface area contributed by atoms with Crippen LogP contribution in [-0.2, 0) is 0 Å². The molecule has 0 saturated carbocycles. The van der Waals surface area contributed by atoms with E-state index in [0.29, 0.717) is 21.8 Å². The zero-order valence-electron chi connectivity index (χ0n) is 8.73. The summed E-state index contributed by atoms with van der Waals surface area (Å²) in [5.41, 5.74) is 1.98. The van der Waals surface area contributed by atoms with Crippen molar-refractivity contribution in [2.45, 2.75) is 13.8 Å². The number of hydrogen-bond donors (Lipinski definition) is 0. The van der Waals surface area contributed by atoms with Crippen LogP contribution in [-0.4, -0.2) is 5.88 Å². The van der Waals surface area contributed by atoms with Crippen molar-refractivity contribution in [2.75, 3.05) is 5.88 Å². The Kier molecular flexibility index (Phi) is 4.98. The van der Waals surface area contributed by atoms with Crippen LogP contribution in [0.25, 0.3) is 6.08 Å². The SMILES string of the molecule is CC(C)C(=Cc1c(Cl)cccc1Cl)CCl. The van der Waals surface area contributed by atoms with Crippen molar-refractivity contribution in [2.24, 2.45) is 5.92 Å². The van der Waals surface area contributed by atoms with Gasteiger partial charge in [0.05, 0.1) is 0 Å². The molecule has 0 spiro atoms. The Morgan fingerprint density at radius 1 is 1.27 bits per heavy atom. The summed E-state index contributed by atoms with van der Waals surface area (Å²) < 4.78 is 0. The van der Waals surface area contributed by atoms with Crippen molar-refractivity contribution < 1.29 is 0 Å². The van der Waals surface area contributed by atoms with Crippen LogP contribution in [0.15, 0.2) is 23.8 Å². The van der Waals surface area contributed by atoms with Gasteiger partial charge in [-0.2, -0.15) is 0 Å². The van der Waals surface area contributed by atoms with Gasteiger partial charge in [-0.05, 0) is 18.1 Å². The molecule has 0 unspecified atom stereocenters. The average Bonchev–Trinajstić information content (AvgIpc) is 2.17. The van der Waals surface area contributed by atoms with E-state index in [1.165, 1.54) is 0 Å². The van der Waals surface area contributed by atoms with E-state index in [4.69, 9.17) is 34.8 Å². The predicted molar refractivity (Wildman–Crippen MR) is 70.0 cm³/mol. The first-order valence-electron chi connectivity index (χ1n) is 4.76. The summed E-state index contributed by atoms with van der Waals surface area (Å²) in [5.74, 6) is 0.897. The highest BCUT2D eigenvalue weighted by atomic mass is 35.5. The van der Waals surface area contributed by atoms with E-state index in [9.17, 15) is 0 Å². The number of alkyl halides is 1. The van der Waals surface area contributed by atoms with E-state index >= 15 is 0 Å². The normalized spacial score (nSPS) is 12.3. The van der Waals surface area contributed by atoms with Gasteiger partial charge >= 0.3 is 0 Å². The summed E-state index contributed by atoms with van der Waals surface area (Å²) >= 11 is 18.0. The maximum Gasteiger partial charge on any atom is 0.0493 e. The molecule has 0 atom stereocenters. The van der Waals surface area contributed by atoms with Gasteiger partial charge in [-0.3, -0.25) is 0 Å². The van der Waals surface area contributed by atoms with Crippen LogP contribution in [0.4, 0.5) is 0 Å². The Morgan fingerprint density at radius 2 is 1.80 bits per heavy atom. The summed E-state index contributed by atoms with van der Waals surface area (Å²) in [6.45, 7) is 4.19. The van der Waals surface area contributed by atoms with Crippen molar-refractivity contribution in [3.05, 3.63) is 39.4 Å². The van der Waals surface area contributed by atoms with Crippen LogP contribution in [0.1, 0.15) is 19.4 Å². The lowest BCUT2D eigenvalue weighted by atomic mass is 10.0. The van der Waals surface area contributed by atoms with Gasteiger partial charge in [0.15, 0.2) is 0 Å². The molecule has 1 aromatic rings. The minimum absolute atomic E-state index is 0.398. The van der Waals surface area contributed by atoms with E-state index in [0.717, 1.165) is 11.1 Å². The summed E-state index contributed by atoms with van der Waals surface area (Å²) in [7, 11) is 0. The molecule has 0 fully saturated rings. The van der Waals surface area contributed by atoms with Crippen LogP contribution in [0.2, 0.25) is 10.0 Å².